The third kappa shape index (κ3) is 4.44. The molecule has 5 rings (SSSR count). The number of nitrogens with one attached hydrogen (secondary N) is 1. The first-order chi connectivity index (χ1) is 14.3. The number of fused-ring (bicyclic) bond motifs is 1. The van der Waals surface area contributed by atoms with Crippen LogP contribution in [-0.2, 0) is 11.3 Å². The number of morpholine rings is 1. The third-order valence-corrected chi connectivity index (χ3v) is 7.09. The van der Waals surface area contributed by atoms with Crippen molar-refractivity contribution in [3.8, 4) is 0 Å². The van der Waals surface area contributed by atoms with E-state index < -0.39 is 0 Å². The van der Waals surface area contributed by atoms with E-state index in [1.54, 1.807) is 0 Å². The van der Waals surface area contributed by atoms with Crippen molar-refractivity contribution in [3.05, 3.63) is 35.9 Å². The van der Waals surface area contributed by atoms with E-state index in [4.69, 9.17) is 4.74 Å². The van der Waals surface area contributed by atoms with Crippen molar-refractivity contribution in [2.45, 2.75) is 44.0 Å². The van der Waals surface area contributed by atoms with Gasteiger partial charge in [-0.25, -0.2) is 0 Å². The van der Waals surface area contributed by atoms with E-state index in [9.17, 15) is 0 Å². The Morgan fingerprint density at radius 3 is 2.76 bits per heavy atom. The second-order valence-electron chi connectivity index (χ2n) is 9.15. The lowest BCUT2D eigenvalue weighted by atomic mass is 10.1. The van der Waals surface area contributed by atoms with Gasteiger partial charge in [-0.15, -0.1) is 0 Å². The Bertz CT molecular complexity index is 706. The van der Waals surface area contributed by atoms with Crippen LogP contribution in [0.25, 0.3) is 0 Å². The number of aliphatic imine (C=N–C) groups is 1. The molecule has 1 aliphatic carbocycles. The molecule has 3 aliphatic heterocycles. The number of benzene rings is 1. The molecule has 0 amide bonds. The highest BCUT2D eigenvalue weighted by atomic mass is 16.5. The Morgan fingerprint density at radius 1 is 1.10 bits per heavy atom. The molecule has 4 fully saturated rings. The summed E-state index contributed by atoms with van der Waals surface area (Å²) >= 11 is 0. The number of hydrogen-bond acceptors (Lipinski definition) is 4. The second-order valence-corrected chi connectivity index (χ2v) is 9.15. The minimum absolute atomic E-state index is 0.280. The van der Waals surface area contributed by atoms with E-state index in [1.165, 1.54) is 37.9 Å². The van der Waals surface area contributed by atoms with Crippen LogP contribution in [0.15, 0.2) is 35.3 Å². The Morgan fingerprint density at radius 2 is 1.97 bits per heavy atom. The Hall–Kier alpha value is -1.63. The van der Waals surface area contributed by atoms with Gasteiger partial charge < -0.3 is 19.9 Å². The van der Waals surface area contributed by atoms with Gasteiger partial charge in [0.25, 0.3) is 0 Å². The molecule has 0 spiro atoms. The zero-order chi connectivity index (χ0) is 19.6. The number of hydrogen-bond donors (Lipinski definition) is 1. The molecular formula is C23H35N5O. The third-order valence-electron chi connectivity index (χ3n) is 7.09. The SMILES string of the molecule is CN=C(NCC1CCN(C2CC2)C1)N1CC2OCCN(Cc3ccccc3)C2C1. The number of guanidine groups is 1. The summed E-state index contributed by atoms with van der Waals surface area (Å²) < 4.78 is 6.15. The van der Waals surface area contributed by atoms with Crippen LogP contribution in [0.2, 0.25) is 0 Å². The fraction of sp³-hybridized carbons (Fsp3) is 0.696. The van der Waals surface area contributed by atoms with Crippen molar-refractivity contribution in [1.82, 2.24) is 20.0 Å². The summed E-state index contributed by atoms with van der Waals surface area (Å²) in [5.74, 6) is 1.80. The molecule has 0 bridgehead atoms. The number of rotatable bonds is 5. The molecule has 0 aromatic heterocycles. The largest absolute Gasteiger partial charge is 0.373 e. The summed E-state index contributed by atoms with van der Waals surface area (Å²) in [5.41, 5.74) is 1.38. The number of nitrogens with zero attached hydrogens (tertiary/aromatic N) is 4. The molecular weight excluding hydrogens is 362 g/mol. The number of likely N-dealkylation sites (tertiary alicyclic amines) is 2. The lowest BCUT2D eigenvalue weighted by Crippen LogP contribution is -2.50. The summed E-state index contributed by atoms with van der Waals surface area (Å²) in [6, 6.07) is 12.1. The second kappa shape index (κ2) is 8.62. The van der Waals surface area contributed by atoms with Crippen LogP contribution in [0.5, 0.6) is 0 Å². The van der Waals surface area contributed by atoms with Gasteiger partial charge in [-0.1, -0.05) is 30.3 Å². The maximum atomic E-state index is 6.15. The fourth-order valence-electron chi connectivity index (χ4n) is 5.31. The molecule has 3 heterocycles. The highest BCUT2D eigenvalue weighted by Crippen LogP contribution is 2.31. The zero-order valence-electron chi connectivity index (χ0n) is 17.7. The van der Waals surface area contributed by atoms with Crippen LogP contribution >= 0.6 is 0 Å². The standard InChI is InChI=1S/C23H35N5O/c1-24-23(25-13-19-9-10-26(15-19)20-7-8-20)28-16-21-22(17-28)29-12-11-27(21)14-18-5-3-2-4-6-18/h2-6,19-22H,7-17H2,1H3,(H,24,25). The molecule has 1 aromatic rings. The minimum Gasteiger partial charge on any atom is -0.373 e. The van der Waals surface area contributed by atoms with Gasteiger partial charge in [0, 0.05) is 52.4 Å². The highest BCUT2D eigenvalue weighted by molar-refractivity contribution is 5.80. The summed E-state index contributed by atoms with van der Waals surface area (Å²) in [7, 11) is 1.91. The molecule has 6 nitrogen and oxygen atoms in total. The monoisotopic (exact) mass is 397 g/mol. The average Bonchev–Trinajstić information content (AvgIpc) is 3.32. The zero-order valence-corrected chi connectivity index (χ0v) is 17.7. The van der Waals surface area contributed by atoms with Crippen LogP contribution in [0.4, 0.5) is 0 Å². The van der Waals surface area contributed by atoms with E-state index in [2.05, 4.69) is 55.3 Å². The van der Waals surface area contributed by atoms with Crippen LogP contribution in [0.3, 0.4) is 0 Å². The van der Waals surface area contributed by atoms with Crippen LogP contribution in [-0.4, -0.2) is 91.8 Å². The first-order valence-corrected chi connectivity index (χ1v) is 11.4. The Labute approximate surface area is 174 Å². The van der Waals surface area contributed by atoms with Crippen molar-refractivity contribution in [2.75, 3.05) is 52.9 Å². The van der Waals surface area contributed by atoms with Gasteiger partial charge in [0.15, 0.2) is 5.96 Å². The van der Waals surface area contributed by atoms with Crippen molar-refractivity contribution in [1.29, 1.82) is 0 Å². The fourth-order valence-corrected chi connectivity index (χ4v) is 5.31. The molecule has 1 aromatic carbocycles. The Kier molecular flexibility index (Phi) is 5.75. The molecule has 3 atom stereocenters. The molecule has 1 saturated carbocycles. The predicted molar refractivity (Wildman–Crippen MR) is 116 cm³/mol. The average molecular weight is 398 g/mol. The molecule has 1 N–H and O–H groups in total. The normalized spacial score (nSPS) is 31.3. The first kappa shape index (κ1) is 19.3. The summed E-state index contributed by atoms with van der Waals surface area (Å²) in [5, 5.41) is 3.68. The van der Waals surface area contributed by atoms with Gasteiger partial charge in [0.1, 0.15) is 0 Å². The summed E-state index contributed by atoms with van der Waals surface area (Å²) in [4.78, 5) is 12.3. The molecule has 6 heteroatoms. The predicted octanol–water partition coefficient (Wildman–Crippen LogP) is 1.63. The molecule has 29 heavy (non-hydrogen) atoms. The minimum atomic E-state index is 0.280. The van der Waals surface area contributed by atoms with Gasteiger partial charge >= 0.3 is 0 Å². The number of ether oxygens (including phenoxy) is 1. The van der Waals surface area contributed by atoms with Gasteiger partial charge in [0.05, 0.1) is 18.8 Å². The van der Waals surface area contributed by atoms with Crippen molar-refractivity contribution >= 4 is 5.96 Å². The molecule has 4 aliphatic rings. The van der Waals surface area contributed by atoms with Crippen molar-refractivity contribution in [2.24, 2.45) is 10.9 Å². The summed E-state index contributed by atoms with van der Waals surface area (Å²) in [6.45, 7) is 8.35. The van der Waals surface area contributed by atoms with Crippen LogP contribution in [0.1, 0.15) is 24.8 Å². The van der Waals surface area contributed by atoms with Crippen LogP contribution < -0.4 is 5.32 Å². The van der Waals surface area contributed by atoms with E-state index in [0.717, 1.165) is 57.2 Å². The van der Waals surface area contributed by atoms with Crippen LogP contribution in [0, 0.1) is 5.92 Å². The highest BCUT2D eigenvalue weighted by Gasteiger charge is 2.41. The first-order valence-electron chi connectivity index (χ1n) is 11.4. The maximum Gasteiger partial charge on any atom is 0.193 e. The Balaban J connectivity index is 1.16. The molecule has 0 radical (unpaired) electrons. The van der Waals surface area contributed by atoms with Gasteiger partial charge in [0.2, 0.25) is 0 Å². The van der Waals surface area contributed by atoms with Crippen molar-refractivity contribution < 1.29 is 4.74 Å². The quantitative estimate of drug-likeness (QED) is 0.604. The van der Waals surface area contributed by atoms with Gasteiger partial charge in [-0.2, -0.15) is 0 Å². The van der Waals surface area contributed by atoms with Gasteiger partial charge in [-0.05, 0) is 37.3 Å². The lowest BCUT2D eigenvalue weighted by Gasteiger charge is -2.36. The summed E-state index contributed by atoms with van der Waals surface area (Å²) in [6.07, 6.45) is 4.43. The molecule has 158 valence electrons. The van der Waals surface area contributed by atoms with E-state index in [-0.39, 0.29) is 6.10 Å². The topological polar surface area (TPSA) is 43.3 Å². The lowest BCUT2D eigenvalue weighted by molar-refractivity contribution is -0.0502. The van der Waals surface area contributed by atoms with Crippen molar-refractivity contribution in [3.63, 3.8) is 0 Å². The van der Waals surface area contributed by atoms with Gasteiger partial charge in [-0.3, -0.25) is 9.89 Å². The van der Waals surface area contributed by atoms with E-state index >= 15 is 0 Å². The molecule has 3 unspecified atom stereocenters. The van der Waals surface area contributed by atoms with E-state index in [1.807, 2.05) is 7.05 Å². The maximum absolute atomic E-state index is 6.15. The van der Waals surface area contributed by atoms with E-state index in [0.29, 0.717) is 6.04 Å². The molecule has 3 saturated heterocycles. The smallest absolute Gasteiger partial charge is 0.193 e.